The first-order valence-electron chi connectivity index (χ1n) is 4.90. The van der Waals surface area contributed by atoms with Gasteiger partial charge in [0.2, 0.25) is 0 Å². The van der Waals surface area contributed by atoms with Crippen LogP contribution in [0, 0.1) is 0 Å². The van der Waals surface area contributed by atoms with Crippen LogP contribution in [0.25, 0.3) is 0 Å². The molecule has 4 heteroatoms. The molecule has 0 unspecified atom stereocenters. The fourth-order valence-corrected chi connectivity index (χ4v) is 2.12. The highest BCUT2D eigenvalue weighted by Gasteiger charge is 2.04. The molecule has 0 aliphatic rings. The van der Waals surface area contributed by atoms with Crippen molar-refractivity contribution >= 4 is 31.9 Å². The zero-order valence-corrected chi connectivity index (χ0v) is 12.2. The molecule has 0 amide bonds. The second-order valence-electron chi connectivity index (χ2n) is 3.58. The Balaban J connectivity index is 2.59. The summed E-state index contributed by atoms with van der Waals surface area (Å²) in [5.74, 6) is 0. The highest BCUT2D eigenvalue weighted by atomic mass is 79.9. The van der Waals surface area contributed by atoms with Gasteiger partial charge in [0.05, 0.1) is 0 Å². The summed E-state index contributed by atoms with van der Waals surface area (Å²) in [6.45, 7) is 3.03. The van der Waals surface area contributed by atoms with Crippen molar-refractivity contribution in [2.24, 2.45) is 0 Å². The monoisotopic (exact) mass is 334 g/mol. The quantitative estimate of drug-likeness (QED) is 0.890. The van der Waals surface area contributed by atoms with Crippen molar-refractivity contribution < 1.29 is 0 Å². The third-order valence-corrected chi connectivity index (χ3v) is 3.46. The number of benzene rings is 1. The molecule has 0 heterocycles. The maximum atomic E-state index is 3.56. The Morgan fingerprint density at radius 2 is 2.07 bits per heavy atom. The van der Waals surface area contributed by atoms with E-state index in [-0.39, 0.29) is 0 Å². The average molecular weight is 336 g/mol. The third kappa shape index (κ3) is 4.64. The van der Waals surface area contributed by atoms with Crippen LogP contribution in [-0.2, 0) is 6.54 Å². The summed E-state index contributed by atoms with van der Waals surface area (Å²) in [6.07, 6.45) is 0. The molecule has 1 rings (SSSR count). The van der Waals surface area contributed by atoms with E-state index in [1.165, 1.54) is 10.0 Å². The summed E-state index contributed by atoms with van der Waals surface area (Å²) in [6, 6.07) is 6.27. The molecule has 15 heavy (non-hydrogen) atoms. The summed E-state index contributed by atoms with van der Waals surface area (Å²) in [4.78, 5) is 2.29. The van der Waals surface area contributed by atoms with Gasteiger partial charge in [-0.2, -0.15) is 0 Å². The van der Waals surface area contributed by atoms with E-state index in [4.69, 9.17) is 0 Å². The molecule has 1 aromatic rings. The van der Waals surface area contributed by atoms with E-state index < -0.39 is 0 Å². The first-order valence-corrected chi connectivity index (χ1v) is 6.49. The largest absolute Gasteiger partial charge is 0.318 e. The van der Waals surface area contributed by atoms with Crippen molar-refractivity contribution in [3.63, 3.8) is 0 Å². The molecule has 1 aromatic carbocycles. The molecule has 84 valence electrons. The molecule has 0 aliphatic carbocycles. The Morgan fingerprint density at radius 1 is 1.33 bits per heavy atom. The van der Waals surface area contributed by atoms with Crippen molar-refractivity contribution in [1.82, 2.24) is 10.2 Å². The molecule has 0 aromatic heterocycles. The van der Waals surface area contributed by atoms with Crippen LogP contribution >= 0.6 is 31.9 Å². The lowest BCUT2D eigenvalue weighted by Gasteiger charge is -2.17. The van der Waals surface area contributed by atoms with Crippen LogP contribution in [-0.4, -0.2) is 32.1 Å². The predicted octanol–water partition coefficient (Wildman–Crippen LogP) is 2.86. The Labute approximate surface area is 108 Å². The van der Waals surface area contributed by atoms with Gasteiger partial charge in [0.25, 0.3) is 0 Å². The van der Waals surface area contributed by atoms with Gasteiger partial charge in [-0.15, -0.1) is 0 Å². The minimum Gasteiger partial charge on any atom is -0.318 e. The van der Waals surface area contributed by atoms with Crippen LogP contribution in [0.5, 0.6) is 0 Å². The normalized spacial score (nSPS) is 11.0. The van der Waals surface area contributed by atoms with Gasteiger partial charge >= 0.3 is 0 Å². The lowest BCUT2D eigenvalue weighted by molar-refractivity contribution is 0.327. The van der Waals surface area contributed by atoms with Crippen LogP contribution < -0.4 is 5.32 Å². The van der Waals surface area contributed by atoms with Gasteiger partial charge in [-0.3, -0.25) is 0 Å². The molecule has 0 atom stereocenters. The zero-order valence-electron chi connectivity index (χ0n) is 9.06. The van der Waals surface area contributed by atoms with Crippen LogP contribution in [0.4, 0.5) is 0 Å². The predicted molar refractivity (Wildman–Crippen MR) is 72.1 cm³/mol. The maximum absolute atomic E-state index is 3.56. The van der Waals surface area contributed by atoms with Crippen molar-refractivity contribution in [2.75, 3.05) is 27.2 Å². The summed E-state index contributed by atoms with van der Waals surface area (Å²) in [7, 11) is 4.10. The second-order valence-corrected chi connectivity index (χ2v) is 5.35. The summed E-state index contributed by atoms with van der Waals surface area (Å²) in [5, 5.41) is 3.15. The van der Waals surface area contributed by atoms with E-state index in [2.05, 4.69) is 61.3 Å². The van der Waals surface area contributed by atoms with Crippen molar-refractivity contribution in [2.45, 2.75) is 6.54 Å². The fourth-order valence-electron chi connectivity index (χ4n) is 1.34. The number of hydrogen-bond acceptors (Lipinski definition) is 2. The average Bonchev–Trinajstić information content (AvgIpc) is 2.20. The number of rotatable bonds is 5. The number of halogens is 2. The van der Waals surface area contributed by atoms with Crippen LogP contribution in [0.15, 0.2) is 27.1 Å². The molecule has 2 nitrogen and oxygen atoms in total. The SMILES string of the molecule is CNCCN(C)Cc1cc(Br)ccc1Br. The van der Waals surface area contributed by atoms with Gasteiger partial charge in [0, 0.05) is 28.6 Å². The first kappa shape index (κ1) is 13.2. The molecule has 0 bridgehead atoms. The van der Waals surface area contributed by atoms with Gasteiger partial charge in [0.15, 0.2) is 0 Å². The number of hydrogen-bond donors (Lipinski definition) is 1. The van der Waals surface area contributed by atoms with Crippen LogP contribution in [0.1, 0.15) is 5.56 Å². The minimum absolute atomic E-state index is 0.960. The topological polar surface area (TPSA) is 15.3 Å². The van der Waals surface area contributed by atoms with Crippen LogP contribution in [0.2, 0.25) is 0 Å². The van der Waals surface area contributed by atoms with Gasteiger partial charge in [-0.1, -0.05) is 31.9 Å². The smallest absolute Gasteiger partial charge is 0.0242 e. The van der Waals surface area contributed by atoms with Crippen molar-refractivity contribution in [3.8, 4) is 0 Å². The number of nitrogens with zero attached hydrogens (tertiary/aromatic N) is 1. The molecule has 0 radical (unpaired) electrons. The lowest BCUT2D eigenvalue weighted by Crippen LogP contribution is -2.27. The first-order chi connectivity index (χ1) is 7.13. The van der Waals surface area contributed by atoms with Crippen LogP contribution in [0.3, 0.4) is 0 Å². The Morgan fingerprint density at radius 3 is 2.73 bits per heavy atom. The lowest BCUT2D eigenvalue weighted by atomic mass is 10.2. The highest BCUT2D eigenvalue weighted by molar-refractivity contribution is 9.11. The second kappa shape index (κ2) is 6.63. The van der Waals surface area contributed by atoms with Gasteiger partial charge in [0.1, 0.15) is 0 Å². The summed E-state index contributed by atoms with van der Waals surface area (Å²) < 4.78 is 2.30. The highest BCUT2D eigenvalue weighted by Crippen LogP contribution is 2.22. The van der Waals surface area contributed by atoms with Gasteiger partial charge < -0.3 is 10.2 Å². The van der Waals surface area contributed by atoms with E-state index in [0.29, 0.717) is 0 Å². The van der Waals surface area contributed by atoms with E-state index in [1.807, 2.05) is 13.1 Å². The Hall–Kier alpha value is 0.1000. The molecule has 0 fully saturated rings. The molecular formula is C11H16Br2N2. The van der Waals surface area contributed by atoms with Crippen molar-refractivity contribution in [3.05, 3.63) is 32.7 Å². The van der Waals surface area contributed by atoms with E-state index in [0.717, 1.165) is 24.1 Å². The van der Waals surface area contributed by atoms with E-state index in [9.17, 15) is 0 Å². The zero-order chi connectivity index (χ0) is 11.3. The summed E-state index contributed by atoms with van der Waals surface area (Å²) >= 11 is 7.05. The van der Waals surface area contributed by atoms with Gasteiger partial charge in [-0.25, -0.2) is 0 Å². The Bertz CT molecular complexity index is 315. The van der Waals surface area contributed by atoms with E-state index in [1.54, 1.807) is 0 Å². The van der Waals surface area contributed by atoms with Gasteiger partial charge in [-0.05, 0) is 37.9 Å². The number of likely N-dealkylation sites (N-methyl/N-ethyl adjacent to an activating group) is 2. The standard InChI is InChI=1S/C11H16Br2N2/c1-14-5-6-15(2)8-9-7-10(12)3-4-11(9)13/h3-4,7,14H,5-6,8H2,1-2H3. The summed E-state index contributed by atoms with van der Waals surface area (Å²) in [5.41, 5.74) is 1.31. The minimum atomic E-state index is 0.960. The number of nitrogens with one attached hydrogen (secondary N) is 1. The Kier molecular flexibility index (Phi) is 5.82. The molecule has 0 aliphatic heterocycles. The maximum Gasteiger partial charge on any atom is 0.0242 e. The molecular weight excluding hydrogens is 320 g/mol. The molecule has 0 saturated heterocycles. The van der Waals surface area contributed by atoms with Crippen molar-refractivity contribution in [1.29, 1.82) is 0 Å². The molecule has 1 N–H and O–H groups in total. The molecule has 0 saturated carbocycles. The third-order valence-electron chi connectivity index (χ3n) is 2.19. The fraction of sp³-hybridized carbons (Fsp3) is 0.455. The molecule has 0 spiro atoms. The van der Waals surface area contributed by atoms with E-state index >= 15 is 0 Å².